The molecule has 0 atom stereocenters. The van der Waals surface area contributed by atoms with Crippen molar-refractivity contribution < 1.29 is 4.79 Å². The number of aryl methyl sites for hydroxylation is 1. The second-order valence-corrected chi connectivity index (χ2v) is 7.44. The lowest BCUT2D eigenvalue weighted by Crippen LogP contribution is -2.51. The number of amides is 1. The van der Waals surface area contributed by atoms with Gasteiger partial charge in [-0.2, -0.15) is 5.10 Å². The summed E-state index contributed by atoms with van der Waals surface area (Å²) in [6, 6.07) is 1.79. The van der Waals surface area contributed by atoms with Crippen LogP contribution in [0.3, 0.4) is 0 Å². The van der Waals surface area contributed by atoms with E-state index in [9.17, 15) is 4.79 Å². The van der Waals surface area contributed by atoms with Gasteiger partial charge in [0.15, 0.2) is 0 Å². The average molecular weight is 273 g/mol. The van der Waals surface area contributed by atoms with Crippen LogP contribution in [0.2, 0.25) is 0 Å². The molecule has 1 N–H and O–H groups in total. The topological polar surface area (TPSA) is 46.9 Å². The lowest BCUT2D eigenvalue weighted by atomic mass is 9.49. The van der Waals surface area contributed by atoms with Crippen LogP contribution in [-0.4, -0.2) is 22.2 Å². The maximum Gasteiger partial charge on any atom is 0.269 e. The Morgan fingerprint density at radius 1 is 1.30 bits per heavy atom. The Bertz CT molecular complexity index is 498. The number of hydrogen-bond donors (Lipinski definition) is 1. The predicted octanol–water partition coefficient (Wildman–Crippen LogP) is 2.37. The third kappa shape index (κ3) is 1.97. The minimum Gasteiger partial charge on any atom is -0.350 e. The van der Waals surface area contributed by atoms with Crippen molar-refractivity contribution in [3.05, 3.63) is 18.0 Å². The molecule has 20 heavy (non-hydrogen) atoms. The Kier molecular flexibility index (Phi) is 2.69. The maximum absolute atomic E-state index is 12.2. The van der Waals surface area contributed by atoms with Crippen LogP contribution in [0, 0.1) is 23.2 Å². The monoisotopic (exact) mass is 273 g/mol. The van der Waals surface area contributed by atoms with Gasteiger partial charge in [0.25, 0.3) is 5.91 Å². The standard InChI is InChI=1S/C16H23N3O/c1-19-14(2-3-18-19)15(20)17-10-16-7-11-4-12(8-16)6-13(5-11)9-16/h2-3,11-13H,4-10H2,1H3,(H,17,20). The van der Waals surface area contributed by atoms with E-state index in [-0.39, 0.29) is 5.91 Å². The number of hydrogen-bond acceptors (Lipinski definition) is 2. The van der Waals surface area contributed by atoms with Gasteiger partial charge in [0.2, 0.25) is 0 Å². The first kappa shape index (κ1) is 12.4. The summed E-state index contributed by atoms with van der Waals surface area (Å²) in [5, 5.41) is 7.25. The van der Waals surface area contributed by atoms with Gasteiger partial charge < -0.3 is 5.32 Å². The van der Waals surface area contributed by atoms with Crippen molar-refractivity contribution in [3.8, 4) is 0 Å². The Balaban J connectivity index is 1.45. The number of nitrogens with zero attached hydrogens (tertiary/aromatic N) is 2. The van der Waals surface area contributed by atoms with E-state index in [1.807, 2.05) is 7.05 Å². The van der Waals surface area contributed by atoms with Crippen molar-refractivity contribution in [1.29, 1.82) is 0 Å². The zero-order valence-electron chi connectivity index (χ0n) is 12.1. The zero-order chi connectivity index (χ0) is 13.7. The lowest BCUT2D eigenvalue weighted by molar-refractivity contribution is -0.0503. The summed E-state index contributed by atoms with van der Waals surface area (Å²) < 4.78 is 1.65. The minimum atomic E-state index is 0.0285. The van der Waals surface area contributed by atoms with E-state index in [0.717, 1.165) is 24.3 Å². The third-order valence-electron chi connectivity index (χ3n) is 5.84. The van der Waals surface area contributed by atoms with Crippen molar-refractivity contribution in [2.24, 2.45) is 30.2 Å². The normalized spacial score (nSPS) is 38.1. The molecule has 1 heterocycles. The third-order valence-corrected chi connectivity index (χ3v) is 5.84. The second-order valence-electron chi connectivity index (χ2n) is 7.44. The predicted molar refractivity (Wildman–Crippen MR) is 76.1 cm³/mol. The quantitative estimate of drug-likeness (QED) is 0.919. The minimum absolute atomic E-state index is 0.0285. The highest BCUT2D eigenvalue weighted by Crippen LogP contribution is 2.59. The van der Waals surface area contributed by atoms with E-state index < -0.39 is 0 Å². The molecule has 1 amide bonds. The largest absolute Gasteiger partial charge is 0.350 e. The van der Waals surface area contributed by atoms with Crippen LogP contribution in [-0.2, 0) is 7.05 Å². The summed E-state index contributed by atoms with van der Waals surface area (Å²) in [5.74, 6) is 2.85. The van der Waals surface area contributed by atoms with E-state index in [2.05, 4.69) is 10.4 Å². The molecule has 4 aliphatic rings. The van der Waals surface area contributed by atoms with Crippen molar-refractivity contribution in [2.75, 3.05) is 6.54 Å². The van der Waals surface area contributed by atoms with Gasteiger partial charge in [-0.25, -0.2) is 0 Å². The molecule has 0 spiro atoms. The van der Waals surface area contributed by atoms with E-state index in [0.29, 0.717) is 11.1 Å². The highest BCUT2D eigenvalue weighted by Gasteiger charge is 2.50. The van der Waals surface area contributed by atoms with Gasteiger partial charge in [-0.05, 0) is 67.8 Å². The molecule has 0 aromatic carbocycles. The summed E-state index contributed by atoms with van der Waals surface area (Å²) in [4.78, 5) is 12.2. The maximum atomic E-state index is 12.2. The molecule has 4 heteroatoms. The number of nitrogens with one attached hydrogen (secondary N) is 1. The number of rotatable bonds is 3. The number of aromatic nitrogens is 2. The molecule has 5 rings (SSSR count). The first-order chi connectivity index (χ1) is 9.63. The summed E-state index contributed by atoms with van der Waals surface area (Å²) >= 11 is 0. The van der Waals surface area contributed by atoms with Crippen LogP contribution in [0.25, 0.3) is 0 Å². The van der Waals surface area contributed by atoms with E-state index in [4.69, 9.17) is 0 Å². The van der Waals surface area contributed by atoms with Crippen LogP contribution in [0.4, 0.5) is 0 Å². The molecule has 1 aromatic rings. The zero-order valence-corrected chi connectivity index (χ0v) is 12.1. The van der Waals surface area contributed by atoms with Gasteiger partial charge in [0.05, 0.1) is 0 Å². The summed E-state index contributed by atoms with van der Waals surface area (Å²) in [6.07, 6.45) is 10.1. The van der Waals surface area contributed by atoms with Crippen molar-refractivity contribution in [1.82, 2.24) is 15.1 Å². The molecule has 4 aliphatic carbocycles. The van der Waals surface area contributed by atoms with Crippen LogP contribution >= 0.6 is 0 Å². The molecule has 108 valence electrons. The molecule has 0 aliphatic heterocycles. The van der Waals surface area contributed by atoms with Crippen LogP contribution < -0.4 is 5.32 Å². The first-order valence-corrected chi connectivity index (χ1v) is 7.90. The second kappa shape index (κ2) is 4.34. The molecule has 0 unspecified atom stereocenters. The SMILES string of the molecule is Cn1nccc1C(=O)NCC12CC3CC(CC(C3)C1)C2. The Labute approximate surface area is 119 Å². The fourth-order valence-corrected chi connectivity index (χ4v) is 5.46. The van der Waals surface area contributed by atoms with Crippen LogP contribution in [0.1, 0.15) is 49.0 Å². The number of carbonyl (C=O) groups excluding carboxylic acids is 1. The number of carbonyl (C=O) groups is 1. The fourth-order valence-electron chi connectivity index (χ4n) is 5.46. The highest BCUT2D eigenvalue weighted by atomic mass is 16.2. The molecular formula is C16H23N3O. The van der Waals surface area contributed by atoms with Gasteiger partial charge >= 0.3 is 0 Å². The molecule has 0 saturated heterocycles. The smallest absolute Gasteiger partial charge is 0.269 e. The first-order valence-electron chi connectivity index (χ1n) is 7.90. The molecule has 4 fully saturated rings. The molecule has 4 saturated carbocycles. The molecule has 4 bridgehead atoms. The van der Waals surface area contributed by atoms with E-state index in [1.54, 1.807) is 16.9 Å². The molecule has 1 aromatic heterocycles. The summed E-state index contributed by atoms with van der Waals surface area (Å²) in [6.45, 7) is 0.862. The van der Waals surface area contributed by atoms with Gasteiger partial charge in [-0.15, -0.1) is 0 Å². The fraction of sp³-hybridized carbons (Fsp3) is 0.750. The highest BCUT2D eigenvalue weighted by molar-refractivity contribution is 5.92. The Morgan fingerprint density at radius 2 is 1.90 bits per heavy atom. The lowest BCUT2D eigenvalue weighted by Gasteiger charge is -2.56. The van der Waals surface area contributed by atoms with E-state index in [1.165, 1.54) is 38.5 Å². The van der Waals surface area contributed by atoms with Gasteiger partial charge in [0.1, 0.15) is 5.69 Å². The van der Waals surface area contributed by atoms with Crippen molar-refractivity contribution in [2.45, 2.75) is 38.5 Å². The van der Waals surface area contributed by atoms with Gasteiger partial charge in [-0.3, -0.25) is 9.48 Å². The van der Waals surface area contributed by atoms with Gasteiger partial charge in [-0.1, -0.05) is 0 Å². The van der Waals surface area contributed by atoms with Crippen LogP contribution in [0.15, 0.2) is 12.3 Å². The summed E-state index contributed by atoms with van der Waals surface area (Å²) in [7, 11) is 1.82. The van der Waals surface area contributed by atoms with E-state index >= 15 is 0 Å². The summed E-state index contributed by atoms with van der Waals surface area (Å²) in [5.41, 5.74) is 1.07. The van der Waals surface area contributed by atoms with Crippen molar-refractivity contribution >= 4 is 5.91 Å². The Morgan fingerprint density at radius 3 is 2.40 bits per heavy atom. The average Bonchev–Trinajstić information content (AvgIpc) is 2.81. The van der Waals surface area contributed by atoms with Gasteiger partial charge in [0, 0.05) is 19.8 Å². The molecular weight excluding hydrogens is 250 g/mol. The molecule has 4 nitrogen and oxygen atoms in total. The van der Waals surface area contributed by atoms with Crippen molar-refractivity contribution in [3.63, 3.8) is 0 Å². The molecule has 0 radical (unpaired) electrons. The van der Waals surface area contributed by atoms with Crippen LogP contribution in [0.5, 0.6) is 0 Å². The Hall–Kier alpha value is -1.32.